The van der Waals surface area contributed by atoms with E-state index in [9.17, 15) is 9.59 Å². The van der Waals surface area contributed by atoms with Gasteiger partial charge in [0.25, 0.3) is 5.91 Å². The summed E-state index contributed by atoms with van der Waals surface area (Å²) in [5, 5.41) is 2.72. The number of halogens is 1. The van der Waals surface area contributed by atoms with E-state index in [1.54, 1.807) is 0 Å². The SMILES string of the molecule is Cl.NC(=O)c1cc(NC(=O)C2(N)CCCCC2)c[nH]1. The minimum Gasteiger partial charge on any atom is -0.364 e. The third-order valence-corrected chi connectivity index (χ3v) is 3.40. The molecule has 1 fully saturated rings. The Morgan fingerprint density at radius 3 is 2.42 bits per heavy atom. The molecule has 0 atom stereocenters. The molecule has 0 spiro atoms. The van der Waals surface area contributed by atoms with E-state index in [1.807, 2.05) is 0 Å². The highest BCUT2D eigenvalue weighted by molar-refractivity contribution is 5.99. The lowest BCUT2D eigenvalue weighted by molar-refractivity contribution is -0.122. The molecule has 0 aromatic carbocycles. The zero-order valence-corrected chi connectivity index (χ0v) is 11.4. The summed E-state index contributed by atoms with van der Waals surface area (Å²) in [7, 11) is 0. The first kappa shape index (κ1) is 15.5. The second kappa shape index (κ2) is 6.08. The van der Waals surface area contributed by atoms with Gasteiger partial charge in [-0.15, -0.1) is 12.4 Å². The molecule has 0 bridgehead atoms. The summed E-state index contributed by atoms with van der Waals surface area (Å²) in [6.07, 6.45) is 6.01. The van der Waals surface area contributed by atoms with Crippen LogP contribution in [0.15, 0.2) is 12.3 Å². The van der Waals surface area contributed by atoms with Gasteiger partial charge in [-0.2, -0.15) is 0 Å². The van der Waals surface area contributed by atoms with Crippen LogP contribution in [0.2, 0.25) is 0 Å². The summed E-state index contributed by atoms with van der Waals surface area (Å²) in [6, 6.07) is 1.51. The van der Waals surface area contributed by atoms with E-state index < -0.39 is 11.4 Å². The Labute approximate surface area is 117 Å². The minimum atomic E-state index is -0.789. The van der Waals surface area contributed by atoms with Crippen LogP contribution in [-0.2, 0) is 4.79 Å². The second-order valence-corrected chi connectivity index (χ2v) is 4.84. The van der Waals surface area contributed by atoms with Gasteiger partial charge in [0.05, 0.1) is 11.2 Å². The first-order valence-electron chi connectivity index (χ1n) is 6.10. The number of nitrogens with two attached hydrogens (primary N) is 2. The number of aromatic nitrogens is 1. The molecule has 19 heavy (non-hydrogen) atoms. The smallest absolute Gasteiger partial charge is 0.265 e. The lowest BCUT2D eigenvalue weighted by Crippen LogP contribution is -2.52. The summed E-state index contributed by atoms with van der Waals surface area (Å²) in [5.41, 5.74) is 11.2. The molecule has 1 aromatic heterocycles. The van der Waals surface area contributed by atoms with Crippen molar-refractivity contribution in [3.8, 4) is 0 Å². The van der Waals surface area contributed by atoms with Gasteiger partial charge in [-0.3, -0.25) is 9.59 Å². The van der Waals surface area contributed by atoms with Gasteiger partial charge in [-0.05, 0) is 18.9 Å². The number of rotatable bonds is 3. The van der Waals surface area contributed by atoms with Crippen molar-refractivity contribution in [3.63, 3.8) is 0 Å². The fourth-order valence-corrected chi connectivity index (χ4v) is 2.27. The molecule has 0 radical (unpaired) electrons. The molecule has 1 heterocycles. The third-order valence-electron chi connectivity index (χ3n) is 3.40. The van der Waals surface area contributed by atoms with Crippen LogP contribution in [-0.4, -0.2) is 22.3 Å². The largest absolute Gasteiger partial charge is 0.364 e. The highest BCUT2D eigenvalue weighted by atomic mass is 35.5. The minimum absolute atomic E-state index is 0. The highest BCUT2D eigenvalue weighted by Crippen LogP contribution is 2.27. The molecule has 1 aliphatic rings. The Balaban J connectivity index is 0.00000180. The molecule has 6 N–H and O–H groups in total. The molecular weight excluding hydrogens is 268 g/mol. The van der Waals surface area contributed by atoms with Gasteiger partial charge < -0.3 is 21.8 Å². The van der Waals surface area contributed by atoms with Crippen LogP contribution in [0.5, 0.6) is 0 Å². The fourth-order valence-electron chi connectivity index (χ4n) is 2.27. The van der Waals surface area contributed by atoms with Gasteiger partial charge >= 0.3 is 0 Å². The number of carbonyl (C=O) groups excluding carboxylic acids is 2. The number of hydrogen-bond acceptors (Lipinski definition) is 3. The van der Waals surface area contributed by atoms with Crippen molar-refractivity contribution in [1.29, 1.82) is 0 Å². The number of hydrogen-bond donors (Lipinski definition) is 4. The zero-order valence-electron chi connectivity index (χ0n) is 10.6. The quantitative estimate of drug-likeness (QED) is 0.668. The summed E-state index contributed by atoms with van der Waals surface area (Å²) >= 11 is 0. The molecule has 7 heteroatoms. The maximum Gasteiger partial charge on any atom is 0.265 e. The Morgan fingerprint density at radius 1 is 1.26 bits per heavy atom. The highest BCUT2D eigenvalue weighted by Gasteiger charge is 2.35. The summed E-state index contributed by atoms with van der Waals surface area (Å²) in [4.78, 5) is 25.7. The van der Waals surface area contributed by atoms with E-state index in [4.69, 9.17) is 11.5 Å². The van der Waals surface area contributed by atoms with Crippen molar-refractivity contribution in [2.45, 2.75) is 37.6 Å². The van der Waals surface area contributed by atoms with Crippen LogP contribution < -0.4 is 16.8 Å². The zero-order chi connectivity index (χ0) is 13.2. The van der Waals surface area contributed by atoms with Crippen LogP contribution in [0.25, 0.3) is 0 Å². The fraction of sp³-hybridized carbons (Fsp3) is 0.500. The molecule has 0 aliphatic heterocycles. The number of primary amides is 1. The average Bonchev–Trinajstić information content (AvgIpc) is 2.78. The lowest BCUT2D eigenvalue weighted by Gasteiger charge is -2.31. The summed E-state index contributed by atoms with van der Waals surface area (Å²) in [6.45, 7) is 0. The van der Waals surface area contributed by atoms with Crippen molar-refractivity contribution in [3.05, 3.63) is 18.0 Å². The van der Waals surface area contributed by atoms with Gasteiger partial charge in [0.15, 0.2) is 0 Å². The van der Waals surface area contributed by atoms with Crippen molar-refractivity contribution in [2.75, 3.05) is 5.32 Å². The van der Waals surface area contributed by atoms with Crippen molar-refractivity contribution >= 4 is 29.9 Å². The Hall–Kier alpha value is -1.53. The van der Waals surface area contributed by atoms with Crippen molar-refractivity contribution in [2.24, 2.45) is 11.5 Å². The van der Waals surface area contributed by atoms with E-state index in [1.165, 1.54) is 12.3 Å². The van der Waals surface area contributed by atoms with E-state index in [0.717, 1.165) is 19.3 Å². The maximum absolute atomic E-state index is 12.1. The molecule has 1 saturated carbocycles. The molecule has 2 rings (SSSR count). The Bertz CT molecular complexity index is 466. The van der Waals surface area contributed by atoms with Crippen LogP contribution >= 0.6 is 12.4 Å². The number of anilines is 1. The normalized spacial score (nSPS) is 17.3. The standard InChI is InChI=1S/C12H18N4O2.ClH/c13-10(17)9-6-8(7-15-9)16-11(18)12(14)4-2-1-3-5-12;/h6-7,15H,1-5,14H2,(H2,13,17)(H,16,18);1H. The van der Waals surface area contributed by atoms with Gasteiger partial charge in [-0.25, -0.2) is 0 Å². The van der Waals surface area contributed by atoms with Gasteiger partial charge in [0.1, 0.15) is 5.69 Å². The lowest BCUT2D eigenvalue weighted by atomic mass is 9.82. The molecule has 2 amide bonds. The first-order valence-corrected chi connectivity index (χ1v) is 6.10. The maximum atomic E-state index is 12.1. The number of carbonyl (C=O) groups is 2. The topological polar surface area (TPSA) is 114 Å². The third kappa shape index (κ3) is 3.48. The van der Waals surface area contributed by atoms with Crippen LogP contribution in [0.4, 0.5) is 5.69 Å². The summed E-state index contributed by atoms with van der Waals surface area (Å²) in [5.74, 6) is -0.757. The van der Waals surface area contributed by atoms with Crippen molar-refractivity contribution < 1.29 is 9.59 Å². The Morgan fingerprint density at radius 2 is 1.89 bits per heavy atom. The number of nitrogens with one attached hydrogen (secondary N) is 2. The molecule has 6 nitrogen and oxygen atoms in total. The molecule has 0 saturated heterocycles. The predicted octanol–water partition coefficient (Wildman–Crippen LogP) is 1.14. The van der Waals surface area contributed by atoms with Crippen LogP contribution in [0, 0.1) is 0 Å². The molecule has 1 aliphatic carbocycles. The second-order valence-electron chi connectivity index (χ2n) is 4.84. The summed E-state index contributed by atoms with van der Waals surface area (Å²) < 4.78 is 0. The number of H-pyrrole nitrogens is 1. The van der Waals surface area contributed by atoms with Crippen LogP contribution in [0.1, 0.15) is 42.6 Å². The van der Waals surface area contributed by atoms with Gasteiger partial charge in [0, 0.05) is 6.20 Å². The molecule has 1 aromatic rings. The van der Waals surface area contributed by atoms with Gasteiger partial charge in [-0.1, -0.05) is 19.3 Å². The van der Waals surface area contributed by atoms with Crippen molar-refractivity contribution in [1.82, 2.24) is 4.98 Å². The van der Waals surface area contributed by atoms with E-state index in [-0.39, 0.29) is 24.0 Å². The average molecular weight is 287 g/mol. The van der Waals surface area contributed by atoms with E-state index in [2.05, 4.69) is 10.3 Å². The monoisotopic (exact) mass is 286 g/mol. The predicted molar refractivity (Wildman–Crippen MR) is 75.2 cm³/mol. The number of amides is 2. The van der Waals surface area contributed by atoms with Crippen LogP contribution in [0.3, 0.4) is 0 Å². The van der Waals surface area contributed by atoms with Gasteiger partial charge in [0.2, 0.25) is 5.91 Å². The van der Waals surface area contributed by atoms with E-state index >= 15 is 0 Å². The van der Waals surface area contributed by atoms with E-state index in [0.29, 0.717) is 18.5 Å². The number of aromatic amines is 1. The molecule has 106 valence electrons. The Kier molecular flexibility index (Phi) is 4.97. The molecule has 0 unspecified atom stereocenters. The molecular formula is C12H19ClN4O2. The first-order chi connectivity index (χ1) is 8.51.